The van der Waals surface area contributed by atoms with Crippen LogP contribution in [-0.2, 0) is 9.53 Å². The lowest BCUT2D eigenvalue weighted by Crippen LogP contribution is -2.42. The minimum atomic E-state index is -0.540. The Morgan fingerprint density at radius 2 is 2.08 bits per heavy atom. The third kappa shape index (κ3) is 3.52. The van der Waals surface area contributed by atoms with Crippen molar-refractivity contribution in [1.82, 2.24) is 10.2 Å². The normalized spacial score (nSPS) is 21.2. The number of ether oxygens (including phenoxy) is 2. The molecule has 0 saturated carbocycles. The second-order valence-electron chi connectivity index (χ2n) is 6.05. The molecule has 0 spiro atoms. The number of carbonyl (C=O) groups is 2. The van der Waals surface area contributed by atoms with Crippen molar-refractivity contribution in [1.29, 1.82) is 0 Å². The van der Waals surface area contributed by atoms with Gasteiger partial charge in [-0.25, -0.2) is 0 Å². The molecule has 1 atom stereocenters. The molecule has 7 heteroatoms. The first-order valence-corrected chi connectivity index (χ1v) is 8.23. The van der Waals surface area contributed by atoms with Crippen molar-refractivity contribution in [3.05, 3.63) is 23.8 Å². The zero-order chi connectivity index (χ0) is 17.1. The topological polar surface area (TPSA) is 71.1 Å². The van der Waals surface area contributed by atoms with Crippen molar-refractivity contribution < 1.29 is 19.1 Å². The predicted molar refractivity (Wildman–Crippen MR) is 89.5 cm³/mol. The largest absolute Gasteiger partial charge is 0.479 e. The number of amides is 2. The Kier molecular flexibility index (Phi) is 5.01. The fraction of sp³-hybridized carbons (Fsp3) is 0.529. The van der Waals surface area contributed by atoms with E-state index in [0.29, 0.717) is 23.5 Å². The van der Waals surface area contributed by atoms with Crippen molar-refractivity contribution in [3.8, 4) is 5.75 Å². The van der Waals surface area contributed by atoms with Crippen molar-refractivity contribution >= 4 is 17.5 Å². The molecule has 2 aliphatic rings. The quantitative estimate of drug-likeness (QED) is 0.868. The van der Waals surface area contributed by atoms with E-state index >= 15 is 0 Å². The number of benzene rings is 1. The maximum Gasteiger partial charge on any atom is 0.267 e. The summed E-state index contributed by atoms with van der Waals surface area (Å²) in [5.41, 5.74) is 1.22. The molecule has 130 valence electrons. The van der Waals surface area contributed by atoms with Gasteiger partial charge in [0.2, 0.25) is 0 Å². The first kappa shape index (κ1) is 16.7. The molecule has 0 aliphatic carbocycles. The SMILES string of the molecule is CC1Oc2cc(C(=O)NCCN3CCOCC3)ccc2N(C)C1=O. The fourth-order valence-electron chi connectivity index (χ4n) is 2.91. The van der Waals surface area contributed by atoms with Gasteiger partial charge in [0, 0.05) is 38.8 Å². The zero-order valence-corrected chi connectivity index (χ0v) is 14.1. The molecule has 2 aliphatic heterocycles. The maximum absolute atomic E-state index is 12.3. The van der Waals surface area contributed by atoms with Gasteiger partial charge >= 0.3 is 0 Å². The molecule has 1 N–H and O–H groups in total. The van der Waals surface area contributed by atoms with Gasteiger partial charge in [0.15, 0.2) is 6.10 Å². The highest BCUT2D eigenvalue weighted by molar-refractivity contribution is 6.01. The molecule has 1 aromatic rings. The predicted octanol–water partition coefficient (Wildman–Crippen LogP) is 0.492. The van der Waals surface area contributed by atoms with Gasteiger partial charge in [-0.2, -0.15) is 0 Å². The van der Waals surface area contributed by atoms with Crippen LogP contribution >= 0.6 is 0 Å². The van der Waals surface area contributed by atoms with E-state index in [-0.39, 0.29) is 11.8 Å². The average Bonchev–Trinajstić information content (AvgIpc) is 2.60. The smallest absolute Gasteiger partial charge is 0.267 e. The van der Waals surface area contributed by atoms with E-state index in [1.54, 1.807) is 37.1 Å². The van der Waals surface area contributed by atoms with Gasteiger partial charge in [0.05, 0.1) is 18.9 Å². The number of hydrogen-bond acceptors (Lipinski definition) is 5. The minimum absolute atomic E-state index is 0.0924. The molecule has 0 aromatic heterocycles. The number of likely N-dealkylation sites (N-methyl/N-ethyl adjacent to an activating group) is 1. The van der Waals surface area contributed by atoms with Crippen molar-refractivity contribution in [3.63, 3.8) is 0 Å². The third-order valence-corrected chi connectivity index (χ3v) is 4.38. The Bertz CT molecular complexity index is 628. The fourth-order valence-corrected chi connectivity index (χ4v) is 2.91. The third-order valence-electron chi connectivity index (χ3n) is 4.38. The number of nitrogens with one attached hydrogen (secondary N) is 1. The highest BCUT2D eigenvalue weighted by Crippen LogP contribution is 2.33. The van der Waals surface area contributed by atoms with Gasteiger partial charge in [0.25, 0.3) is 11.8 Å². The number of hydrogen-bond donors (Lipinski definition) is 1. The second-order valence-corrected chi connectivity index (χ2v) is 6.05. The van der Waals surface area contributed by atoms with Crippen LogP contribution in [0.5, 0.6) is 5.75 Å². The lowest BCUT2D eigenvalue weighted by Gasteiger charge is -2.30. The van der Waals surface area contributed by atoms with Crippen LogP contribution in [0.2, 0.25) is 0 Å². The number of rotatable bonds is 4. The summed E-state index contributed by atoms with van der Waals surface area (Å²) < 4.78 is 10.9. The van der Waals surface area contributed by atoms with Gasteiger partial charge in [-0.3, -0.25) is 14.5 Å². The Balaban J connectivity index is 1.59. The number of morpholine rings is 1. The summed E-state index contributed by atoms with van der Waals surface area (Å²) in [5.74, 6) is 0.331. The molecule has 24 heavy (non-hydrogen) atoms. The van der Waals surface area contributed by atoms with E-state index < -0.39 is 6.10 Å². The zero-order valence-electron chi connectivity index (χ0n) is 14.1. The Hall–Kier alpha value is -2.12. The average molecular weight is 333 g/mol. The molecule has 1 aromatic carbocycles. The second kappa shape index (κ2) is 7.19. The van der Waals surface area contributed by atoms with Crippen LogP contribution in [0.25, 0.3) is 0 Å². The van der Waals surface area contributed by atoms with Gasteiger partial charge in [-0.05, 0) is 25.1 Å². The molecule has 1 saturated heterocycles. The highest BCUT2D eigenvalue weighted by atomic mass is 16.5. The minimum Gasteiger partial charge on any atom is -0.479 e. The first-order valence-electron chi connectivity index (χ1n) is 8.23. The van der Waals surface area contributed by atoms with Crippen molar-refractivity contribution in [2.45, 2.75) is 13.0 Å². The van der Waals surface area contributed by atoms with Crippen LogP contribution in [0, 0.1) is 0 Å². The summed E-state index contributed by atoms with van der Waals surface area (Å²) in [6.45, 7) is 6.41. The van der Waals surface area contributed by atoms with Gasteiger partial charge < -0.3 is 19.7 Å². The maximum atomic E-state index is 12.3. The molecule has 1 unspecified atom stereocenters. The molecular formula is C17H23N3O4. The molecule has 2 amide bonds. The molecule has 0 bridgehead atoms. The van der Waals surface area contributed by atoms with Crippen LogP contribution < -0.4 is 15.0 Å². The van der Waals surface area contributed by atoms with Gasteiger partial charge in [-0.15, -0.1) is 0 Å². The summed E-state index contributed by atoms with van der Waals surface area (Å²) in [6.07, 6.45) is -0.540. The summed E-state index contributed by atoms with van der Waals surface area (Å²) >= 11 is 0. The lowest BCUT2D eigenvalue weighted by molar-refractivity contribution is -0.125. The van der Waals surface area contributed by atoms with E-state index in [9.17, 15) is 9.59 Å². The summed E-state index contributed by atoms with van der Waals surface area (Å²) in [5, 5.41) is 2.93. The number of anilines is 1. The van der Waals surface area contributed by atoms with E-state index in [1.807, 2.05) is 0 Å². The molecular weight excluding hydrogens is 310 g/mol. The monoisotopic (exact) mass is 333 g/mol. The van der Waals surface area contributed by atoms with Crippen LogP contribution in [0.15, 0.2) is 18.2 Å². The highest BCUT2D eigenvalue weighted by Gasteiger charge is 2.29. The molecule has 7 nitrogen and oxygen atoms in total. The van der Waals surface area contributed by atoms with Crippen LogP contribution in [0.3, 0.4) is 0 Å². The van der Waals surface area contributed by atoms with Crippen molar-refractivity contribution in [2.24, 2.45) is 0 Å². The standard InChI is InChI=1S/C17H23N3O4/c1-12-17(22)19(2)14-4-3-13(11-15(14)24-12)16(21)18-5-6-20-7-9-23-10-8-20/h3-4,11-12H,5-10H2,1-2H3,(H,18,21). The lowest BCUT2D eigenvalue weighted by atomic mass is 10.1. The van der Waals surface area contributed by atoms with Crippen molar-refractivity contribution in [2.75, 3.05) is 51.3 Å². The van der Waals surface area contributed by atoms with E-state index in [2.05, 4.69) is 10.2 Å². The Morgan fingerprint density at radius 3 is 2.83 bits per heavy atom. The number of nitrogens with zero attached hydrogens (tertiary/aromatic N) is 2. The molecule has 0 radical (unpaired) electrons. The van der Waals surface area contributed by atoms with Gasteiger partial charge in [0.1, 0.15) is 5.75 Å². The van der Waals surface area contributed by atoms with E-state index in [4.69, 9.17) is 9.47 Å². The molecule has 3 rings (SSSR count). The van der Waals surface area contributed by atoms with E-state index in [1.165, 1.54) is 0 Å². The van der Waals surface area contributed by atoms with Gasteiger partial charge in [-0.1, -0.05) is 0 Å². The van der Waals surface area contributed by atoms with E-state index in [0.717, 1.165) is 32.8 Å². The van der Waals surface area contributed by atoms with Crippen LogP contribution in [-0.4, -0.2) is 69.3 Å². The Labute approximate surface area is 141 Å². The van der Waals surface area contributed by atoms with Crippen LogP contribution in [0.4, 0.5) is 5.69 Å². The Morgan fingerprint density at radius 1 is 1.33 bits per heavy atom. The summed E-state index contributed by atoms with van der Waals surface area (Å²) in [4.78, 5) is 28.0. The molecule has 2 heterocycles. The number of carbonyl (C=O) groups excluding carboxylic acids is 2. The molecule has 1 fully saturated rings. The first-order chi connectivity index (χ1) is 11.6. The number of fused-ring (bicyclic) bond motifs is 1. The summed E-state index contributed by atoms with van der Waals surface area (Å²) in [6, 6.07) is 5.15. The summed E-state index contributed by atoms with van der Waals surface area (Å²) in [7, 11) is 1.71. The van der Waals surface area contributed by atoms with Crippen LogP contribution in [0.1, 0.15) is 17.3 Å².